The van der Waals surface area contributed by atoms with Crippen LogP contribution in [0.25, 0.3) is 0 Å². The van der Waals surface area contributed by atoms with Crippen LogP contribution in [0, 0.1) is 11.7 Å². The van der Waals surface area contributed by atoms with Crippen molar-refractivity contribution in [2.45, 2.75) is 52.0 Å². The van der Waals surface area contributed by atoms with E-state index < -0.39 is 0 Å². The fourth-order valence-corrected chi connectivity index (χ4v) is 2.40. The highest BCUT2D eigenvalue weighted by atomic mass is 19.1. The molecule has 0 radical (unpaired) electrons. The summed E-state index contributed by atoms with van der Waals surface area (Å²) in [5.74, 6) is 0.386. The van der Waals surface area contributed by atoms with Crippen LogP contribution < -0.4 is 5.32 Å². The molecule has 1 unspecified atom stereocenters. The maximum absolute atomic E-state index is 13.3. The number of unbranched alkanes of at least 4 members (excludes halogenated alkanes) is 1. The van der Waals surface area contributed by atoms with Crippen LogP contribution in [0.15, 0.2) is 24.3 Å². The quantitative estimate of drug-likeness (QED) is 0.690. The Morgan fingerprint density at radius 1 is 1.24 bits per heavy atom. The van der Waals surface area contributed by atoms with Gasteiger partial charge in [-0.15, -0.1) is 0 Å². The molecule has 1 atom stereocenters. The molecular formula is C18H30FNO. The van der Waals surface area contributed by atoms with Crippen LogP contribution in [0.1, 0.15) is 45.6 Å². The summed E-state index contributed by atoms with van der Waals surface area (Å²) in [6.45, 7) is 8.32. The van der Waals surface area contributed by atoms with Gasteiger partial charge in [0.05, 0.1) is 0 Å². The van der Waals surface area contributed by atoms with Gasteiger partial charge in [0.25, 0.3) is 0 Å². The molecule has 0 aliphatic rings. The molecule has 120 valence electrons. The molecule has 1 aromatic carbocycles. The lowest BCUT2D eigenvalue weighted by Gasteiger charge is -2.25. The summed E-state index contributed by atoms with van der Waals surface area (Å²) in [6.07, 6.45) is 4.31. The van der Waals surface area contributed by atoms with Crippen LogP contribution in [-0.4, -0.2) is 25.8 Å². The van der Waals surface area contributed by atoms with Crippen molar-refractivity contribution in [3.05, 3.63) is 35.6 Å². The van der Waals surface area contributed by atoms with E-state index in [9.17, 15) is 4.39 Å². The predicted molar refractivity (Wildman–Crippen MR) is 87.1 cm³/mol. The van der Waals surface area contributed by atoms with Crippen molar-refractivity contribution in [2.24, 2.45) is 5.92 Å². The second-order valence-electron chi connectivity index (χ2n) is 6.82. The molecule has 21 heavy (non-hydrogen) atoms. The van der Waals surface area contributed by atoms with Crippen LogP contribution >= 0.6 is 0 Å². The van der Waals surface area contributed by atoms with Gasteiger partial charge in [-0.05, 0) is 70.2 Å². The molecule has 0 aromatic heterocycles. The van der Waals surface area contributed by atoms with Crippen molar-refractivity contribution >= 4 is 0 Å². The van der Waals surface area contributed by atoms with E-state index in [-0.39, 0.29) is 11.4 Å². The molecular weight excluding hydrogens is 265 g/mol. The maximum atomic E-state index is 13.3. The first kappa shape index (κ1) is 18.1. The van der Waals surface area contributed by atoms with E-state index in [0.717, 1.165) is 44.4 Å². The minimum Gasteiger partial charge on any atom is -0.385 e. The lowest BCUT2D eigenvalue weighted by molar-refractivity contribution is 0.189. The Balaban J connectivity index is 2.53. The summed E-state index contributed by atoms with van der Waals surface area (Å²) >= 11 is 0. The van der Waals surface area contributed by atoms with Gasteiger partial charge >= 0.3 is 0 Å². The summed E-state index contributed by atoms with van der Waals surface area (Å²) in [6, 6.07) is 6.97. The average Bonchev–Trinajstić information content (AvgIpc) is 2.40. The van der Waals surface area contributed by atoms with Gasteiger partial charge in [0.2, 0.25) is 0 Å². The van der Waals surface area contributed by atoms with Crippen LogP contribution in [0.4, 0.5) is 4.39 Å². The van der Waals surface area contributed by atoms with Gasteiger partial charge in [0.15, 0.2) is 0 Å². The smallest absolute Gasteiger partial charge is 0.123 e. The standard InChI is InChI=1S/C18H30FNO/c1-18(2,3)20-14-16(8-5-6-11-21-4)12-15-9-7-10-17(19)13-15/h7,9-10,13,16,20H,5-6,8,11-12,14H2,1-4H3. The van der Waals surface area contributed by atoms with Crippen molar-refractivity contribution in [1.82, 2.24) is 5.32 Å². The van der Waals surface area contributed by atoms with Crippen molar-refractivity contribution < 1.29 is 9.13 Å². The van der Waals surface area contributed by atoms with Gasteiger partial charge in [-0.1, -0.05) is 18.6 Å². The highest BCUT2D eigenvalue weighted by Crippen LogP contribution is 2.17. The van der Waals surface area contributed by atoms with E-state index in [1.807, 2.05) is 6.07 Å². The van der Waals surface area contributed by atoms with Gasteiger partial charge in [0, 0.05) is 19.3 Å². The summed E-state index contributed by atoms with van der Waals surface area (Å²) in [4.78, 5) is 0. The fourth-order valence-electron chi connectivity index (χ4n) is 2.40. The Labute approximate surface area is 129 Å². The third-order valence-corrected chi connectivity index (χ3v) is 3.55. The second kappa shape index (κ2) is 9.16. The molecule has 0 heterocycles. The van der Waals surface area contributed by atoms with Gasteiger partial charge in [0.1, 0.15) is 5.82 Å². The molecule has 1 N–H and O–H groups in total. The van der Waals surface area contributed by atoms with E-state index in [1.54, 1.807) is 19.2 Å². The minimum absolute atomic E-state index is 0.118. The monoisotopic (exact) mass is 295 g/mol. The van der Waals surface area contributed by atoms with E-state index in [0.29, 0.717) is 5.92 Å². The Hall–Kier alpha value is -0.930. The summed E-state index contributed by atoms with van der Waals surface area (Å²) in [7, 11) is 1.74. The molecule has 2 nitrogen and oxygen atoms in total. The number of benzene rings is 1. The number of halogens is 1. The topological polar surface area (TPSA) is 21.3 Å². The Morgan fingerprint density at radius 3 is 2.62 bits per heavy atom. The minimum atomic E-state index is -0.144. The number of rotatable bonds is 9. The van der Waals surface area contributed by atoms with E-state index in [1.165, 1.54) is 6.07 Å². The molecule has 3 heteroatoms. The number of hydrogen-bond donors (Lipinski definition) is 1. The molecule has 0 saturated carbocycles. The normalized spacial score (nSPS) is 13.4. The molecule has 0 amide bonds. The molecule has 1 aromatic rings. The zero-order valence-electron chi connectivity index (χ0n) is 13.9. The third kappa shape index (κ3) is 8.84. The lowest BCUT2D eigenvalue weighted by Crippen LogP contribution is -2.39. The number of nitrogens with one attached hydrogen (secondary N) is 1. The Bertz CT molecular complexity index is 400. The number of hydrogen-bond acceptors (Lipinski definition) is 2. The summed E-state index contributed by atoms with van der Waals surface area (Å²) in [5.41, 5.74) is 1.20. The Morgan fingerprint density at radius 2 is 2.00 bits per heavy atom. The highest BCUT2D eigenvalue weighted by molar-refractivity contribution is 5.16. The van der Waals surface area contributed by atoms with E-state index in [4.69, 9.17) is 4.74 Å². The average molecular weight is 295 g/mol. The molecule has 0 bridgehead atoms. The highest BCUT2D eigenvalue weighted by Gasteiger charge is 2.15. The number of methoxy groups -OCH3 is 1. The first-order chi connectivity index (χ1) is 9.90. The van der Waals surface area contributed by atoms with Crippen molar-refractivity contribution in [3.63, 3.8) is 0 Å². The van der Waals surface area contributed by atoms with Gasteiger partial charge in [-0.3, -0.25) is 0 Å². The maximum Gasteiger partial charge on any atom is 0.123 e. The van der Waals surface area contributed by atoms with Crippen LogP contribution in [-0.2, 0) is 11.2 Å². The first-order valence-corrected chi connectivity index (χ1v) is 7.89. The third-order valence-electron chi connectivity index (χ3n) is 3.55. The fraction of sp³-hybridized carbons (Fsp3) is 0.667. The largest absolute Gasteiger partial charge is 0.385 e. The van der Waals surface area contributed by atoms with E-state index in [2.05, 4.69) is 26.1 Å². The van der Waals surface area contributed by atoms with Crippen molar-refractivity contribution in [2.75, 3.05) is 20.3 Å². The summed E-state index contributed by atoms with van der Waals surface area (Å²) < 4.78 is 18.4. The second-order valence-corrected chi connectivity index (χ2v) is 6.82. The molecule has 0 saturated heterocycles. The van der Waals surface area contributed by atoms with E-state index >= 15 is 0 Å². The molecule has 0 spiro atoms. The predicted octanol–water partition coefficient (Wildman–Crippen LogP) is 4.19. The molecule has 0 aliphatic carbocycles. The Kier molecular flexibility index (Phi) is 7.91. The zero-order valence-corrected chi connectivity index (χ0v) is 13.9. The van der Waals surface area contributed by atoms with Crippen LogP contribution in [0.3, 0.4) is 0 Å². The number of ether oxygens (including phenoxy) is 1. The zero-order chi connectivity index (χ0) is 15.7. The first-order valence-electron chi connectivity index (χ1n) is 7.89. The molecule has 0 aliphatic heterocycles. The van der Waals surface area contributed by atoms with Crippen molar-refractivity contribution in [3.8, 4) is 0 Å². The van der Waals surface area contributed by atoms with Gasteiger partial charge in [-0.2, -0.15) is 0 Å². The van der Waals surface area contributed by atoms with Crippen LogP contribution in [0.5, 0.6) is 0 Å². The van der Waals surface area contributed by atoms with Crippen LogP contribution in [0.2, 0.25) is 0 Å². The van der Waals surface area contributed by atoms with Gasteiger partial charge in [-0.25, -0.2) is 4.39 Å². The lowest BCUT2D eigenvalue weighted by atomic mass is 9.93. The SMILES string of the molecule is COCCCCC(CNC(C)(C)C)Cc1cccc(F)c1. The summed E-state index contributed by atoms with van der Waals surface area (Å²) in [5, 5.41) is 3.57. The van der Waals surface area contributed by atoms with Gasteiger partial charge < -0.3 is 10.1 Å². The molecule has 0 fully saturated rings. The van der Waals surface area contributed by atoms with Crippen molar-refractivity contribution in [1.29, 1.82) is 0 Å². The molecule has 1 rings (SSSR count).